The van der Waals surface area contributed by atoms with Gasteiger partial charge in [0.05, 0.1) is 0 Å². The highest BCUT2D eigenvalue weighted by Gasteiger charge is 2.05. The van der Waals surface area contributed by atoms with E-state index in [1.807, 2.05) is 31.2 Å². The Hall–Kier alpha value is -1.58. The van der Waals surface area contributed by atoms with Crippen LogP contribution in [0.25, 0.3) is 10.8 Å². The third-order valence-electron chi connectivity index (χ3n) is 2.86. The van der Waals surface area contributed by atoms with E-state index in [0.717, 1.165) is 5.56 Å². The quantitative estimate of drug-likeness (QED) is 0.903. The maximum absolute atomic E-state index is 11.6. The number of carbonyl (C=O) groups excluding carboxylic acids is 1. The lowest BCUT2D eigenvalue weighted by Crippen LogP contribution is -2.29. The van der Waals surface area contributed by atoms with Gasteiger partial charge in [-0.1, -0.05) is 42.5 Å². The van der Waals surface area contributed by atoms with Crippen LogP contribution in [0.4, 0.5) is 0 Å². The Labute approximate surface area is 119 Å². The minimum absolute atomic E-state index is 0. The zero-order chi connectivity index (χ0) is 13.0. The summed E-state index contributed by atoms with van der Waals surface area (Å²) in [5, 5.41) is 5.28. The predicted molar refractivity (Wildman–Crippen MR) is 81.3 cm³/mol. The van der Waals surface area contributed by atoms with Crippen LogP contribution >= 0.6 is 12.4 Å². The minimum atomic E-state index is -0.0995. The van der Waals surface area contributed by atoms with E-state index in [2.05, 4.69) is 23.5 Å². The minimum Gasteiger partial charge on any atom is -0.352 e. The Morgan fingerprint density at radius 2 is 1.89 bits per heavy atom. The fourth-order valence-electron chi connectivity index (χ4n) is 2.01. The Kier molecular flexibility index (Phi) is 5.80. The van der Waals surface area contributed by atoms with Gasteiger partial charge in [-0.15, -0.1) is 12.4 Å². The summed E-state index contributed by atoms with van der Waals surface area (Å²) in [7, 11) is 0. The zero-order valence-electron chi connectivity index (χ0n) is 10.9. The van der Waals surface area contributed by atoms with E-state index < -0.39 is 0 Å². The molecule has 102 valence electrons. The molecule has 19 heavy (non-hydrogen) atoms. The van der Waals surface area contributed by atoms with Crippen molar-refractivity contribution in [2.75, 3.05) is 0 Å². The Bertz CT molecular complexity index is 549. The molecular weight excluding hydrogens is 260 g/mol. The third kappa shape index (κ3) is 4.23. The van der Waals surface area contributed by atoms with Gasteiger partial charge in [0.2, 0.25) is 5.91 Å². The van der Waals surface area contributed by atoms with Crippen LogP contribution in [0.1, 0.15) is 18.9 Å². The molecule has 0 fully saturated rings. The second kappa shape index (κ2) is 7.12. The third-order valence-corrected chi connectivity index (χ3v) is 2.86. The zero-order valence-corrected chi connectivity index (χ0v) is 11.7. The number of nitrogens with two attached hydrogens (primary N) is 1. The molecule has 0 aliphatic heterocycles. The SMILES string of the molecule is CC(N)CC(=O)NCc1cccc2ccccc12.Cl. The van der Waals surface area contributed by atoms with Crippen molar-refractivity contribution in [2.24, 2.45) is 5.73 Å². The summed E-state index contributed by atoms with van der Waals surface area (Å²) < 4.78 is 0. The lowest BCUT2D eigenvalue weighted by atomic mass is 10.0. The summed E-state index contributed by atoms with van der Waals surface area (Å²) in [6.45, 7) is 2.38. The van der Waals surface area contributed by atoms with E-state index in [0.29, 0.717) is 13.0 Å². The average Bonchev–Trinajstić information content (AvgIpc) is 2.35. The first-order chi connectivity index (χ1) is 8.66. The van der Waals surface area contributed by atoms with Gasteiger partial charge in [-0.2, -0.15) is 0 Å². The van der Waals surface area contributed by atoms with E-state index in [1.54, 1.807) is 0 Å². The van der Waals surface area contributed by atoms with Crippen LogP contribution in [0.5, 0.6) is 0 Å². The molecule has 2 aromatic rings. The van der Waals surface area contributed by atoms with Gasteiger partial charge in [-0.3, -0.25) is 4.79 Å². The highest BCUT2D eigenvalue weighted by Crippen LogP contribution is 2.18. The van der Waals surface area contributed by atoms with Crippen molar-refractivity contribution in [3.05, 3.63) is 48.0 Å². The molecule has 0 heterocycles. The number of hydrogen-bond acceptors (Lipinski definition) is 2. The maximum atomic E-state index is 11.6. The van der Waals surface area contributed by atoms with Gasteiger partial charge in [-0.25, -0.2) is 0 Å². The molecule has 0 radical (unpaired) electrons. The van der Waals surface area contributed by atoms with Gasteiger partial charge in [0.15, 0.2) is 0 Å². The van der Waals surface area contributed by atoms with E-state index in [9.17, 15) is 4.79 Å². The highest BCUT2D eigenvalue weighted by molar-refractivity contribution is 5.86. The first-order valence-corrected chi connectivity index (χ1v) is 6.16. The van der Waals surface area contributed by atoms with Crippen LogP contribution in [0.2, 0.25) is 0 Å². The normalized spacial score (nSPS) is 11.7. The summed E-state index contributed by atoms with van der Waals surface area (Å²) in [5.74, 6) is -0.00191. The molecule has 0 saturated heterocycles. The standard InChI is InChI=1S/C15H18N2O.ClH/c1-11(16)9-15(18)17-10-13-7-4-6-12-5-2-3-8-14(12)13;/h2-8,11H,9-10,16H2,1H3,(H,17,18);1H. The molecule has 0 aromatic heterocycles. The molecule has 2 rings (SSSR count). The molecule has 3 nitrogen and oxygen atoms in total. The molecule has 1 atom stereocenters. The molecule has 0 spiro atoms. The Morgan fingerprint density at radius 1 is 1.21 bits per heavy atom. The van der Waals surface area contributed by atoms with E-state index in [1.165, 1.54) is 10.8 Å². The van der Waals surface area contributed by atoms with Gasteiger partial charge in [-0.05, 0) is 23.3 Å². The molecular formula is C15H19ClN2O. The molecule has 3 N–H and O–H groups in total. The summed E-state index contributed by atoms with van der Waals surface area (Å²) in [5.41, 5.74) is 6.72. The summed E-state index contributed by atoms with van der Waals surface area (Å²) in [6, 6.07) is 14.2. The summed E-state index contributed by atoms with van der Waals surface area (Å²) in [4.78, 5) is 11.6. The predicted octanol–water partition coefficient (Wildman–Crippen LogP) is 2.62. The second-order valence-electron chi connectivity index (χ2n) is 4.60. The topological polar surface area (TPSA) is 55.1 Å². The smallest absolute Gasteiger partial charge is 0.221 e. The maximum Gasteiger partial charge on any atom is 0.221 e. The van der Waals surface area contributed by atoms with Crippen LogP contribution in [0.3, 0.4) is 0 Å². The molecule has 2 aromatic carbocycles. The van der Waals surface area contributed by atoms with Crippen molar-refractivity contribution in [1.82, 2.24) is 5.32 Å². The van der Waals surface area contributed by atoms with Crippen LogP contribution in [0, 0.1) is 0 Å². The highest BCUT2D eigenvalue weighted by atomic mass is 35.5. The van der Waals surface area contributed by atoms with Gasteiger partial charge in [0.1, 0.15) is 0 Å². The molecule has 0 bridgehead atoms. The van der Waals surface area contributed by atoms with Gasteiger partial charge in [0, 0.05) is 19.0 Å². The molecule has 0 aliphatic rings. The van der Waals surface area contributed by atoms with Crippen LogP contribution in [-0.4, -0.2) is 11.9 Å². The fraction of sp³-hybridized carbons (Fsp3) is 0.267. The van der Waals surface area contributed by atoms with Crippen molar-refractivity contribution in [3.8, 4) is 0 Å². The van der Waals surface area contributed by atoms with Crippen molar-refractivity contribution in [2.45, 2.75) is 25.9 Å². The van der Waals surface area contributed by atoms with E-state index in [4.69, 9.17) is 5.73 Å². The largest absolute Gasteiger partial charge is 0.352 e. The fourth-order valence-corrected chi connectivity index (χ4v) is 2.01. The van der Waals surface area contributed by atoms with E-state index >= 15 is 0 Å². The average molecular weight is 279 g/mol. The van der Waals surface area contributed by atoms with Gasteiger partial charge >= 0.3 is 0 Å². The van der Waals surface area contributed by atoms with Crippen molar-refractivity contribution in [3.63, 3.8) is 0 Å². The Balaban J connectivity index is 0.00000180. The number of halogens is 1. The first kappa shape index (κ1) is 15.5. The molecule has 4 heteroatoms. The number of carbonyl (C=O) groups is 1. The summed E-state index contributed by atoms with van der Waals surface area (Å²) >= 11 is 0. The van der Waals surface area contributed by atoms with Crippen molar-refractivity contribution in [1.29, 1.82) is 0 Å². The van der Waals surface area contributed by atoms with Crippen LogP contribution in [-0.2, 0) is 11.3 Å². The van der Waals surface area contributed by atoms with Gasteiger partial charge in [0.25, 0.3) is 0 Å². The number of fused-ring (bicyclic) bond motifs is 1. The van der Waals surface area contributed by atoms with Crippen LogP contribution < -0.4 is 11.1 Å². The molecule has 1 unspecified atom stereocenters. The van der Waals surface area contributed by atoms with Crippen molar-refractivity contribution >= 4 is 29.1 Å². The number of amides is 1. The lowest BCUT2D eigenvalue weighted by molar-refractivity contribution is -0.121. The Morgan fingerprint density at radius 3 is 2.63 bits per heavy atom. The summed E-state index contributed by atoms with van der Waals surface area (Å²) in [6.07, 6.45) is 0.366. The number of hydrogen-bond donors (Lipinski definition) is 2. The molecule has 0 aliphatic carbocycles. The van der Waals surface area contributed by atoms with Crippen molar-refractivity contribution < 1.29 is 4.79 Å². The molecule has 1 amide bonds. The second-order valence-corrected chi connectivity index (χ2v) is 4.60. The van der Waals surface area contributed by atoms with Crippen LogP contribution in [0.15, 0.2) is 42.5 Å². The number of rotatable bonds is 4. The van der Waals surface area contributed by atoms with Gasteiger partial charge < -0.3 is 11.1 Å². The number of nitrogens with one attached hydrogen (secondary N) is 1. The lowest BCUT2D eigenvalue weighted by Gasteiger charge is -2.09. The monoisotopic (exact) mass is 278 g/mol. The molecule has 0 saturated carbocycles. The first-order valence-electron chi connectivity index (χ1n) is 6.16. The number of benzene rings is 2. The van der Waals surface area contributed by atoms with E-state index in [-0.39, 0.29) is 24.4 Å².